The average molecular weight is 735 g/mol. The van der Waals surface area contributed by atoms with Gasteiger partial charge in [-0.2, -0.15) is 5.26 Å². The molecule has 11 nitrogen and oxygen atoms in total. The Morgan fingerprint density at radius 1 is 1.04 bits per heavy atom. The highest BCUT2D eigenvalue weighted by molar-refractivity contribution is 6.32. The predicted molar refractivity (Wildman–Crippen MR) is 202 cm³/mol. The van der Waals surface area contributed by atoms with E-state index in [0.717, 1.165) is 76.3 Å². The minimum atomic E-state index is -1.04. The van der Waals surface area contributed by atoms with Crippen molar-refractivity contribution in [2.75, 3.05) is 13.1 Å². The molecule has 12 heteroatoms. The van der Waals surface area contributed by atoms with Crippen LogP contribution in [-0.2, 0) is 31.0 Å². The second kappa shape index (κ2) is 17.5. The number of nitrogens with one attached hydrogen (secondary N) is 1. The fourth-order valence-corrected chi connectivity index (χ4v) is 7.02. The number of benzene rings is 3. The zero-order chi connectivity index (χ0) is 37.3. The van der Waals surface area contributed by atoms with Crippen LogP contribution < -0.4 is 14.8 Å². The molecule has 0 radical (unpaired) electrons. The van der Waals surface area contributed by atoms with Gasteiger partial charge in [0.1, 0.15) is 36.5 Å². The lowest BCUT2D eigenvalue weighted by Crippen LogP contribution is -2.14. The van der Waals surface area contributed by atoms with Gasteiger partial charge in [-0.25, -0.2) is 0 Å². The number of hydrogen-bond donors (Lipinski definition) is 3. The molecule has 0 bridgehead atoms. The number of carboxylic acid groups (broad SMARTS) is 1. The fraction of sp³-hybridized carbons (Fsp3) is 0.341. The van der Waals surface area contributed by atoms with Gasteiger partial charge in [-0.05, 0) is 104 Å². The Balaban J connectivity index is 1.20. The smallest absolute Gasteiger partial charge is 0.305 e. The van der Waals surface area contributed by atoms with Crippen LogP contribution in [-0.4, -0.2) is 55.4 Å². The number of nitriles is 1. The van der Waals surface area contributed by atoms with Crippen molar-refractivity contribution in [2.24, 2.45) is 5.92 Å². The Kier molecular flexibility index (Phi) is 12.4. The van der Waals surface area contributed by atoms with E-state index in [-0.39, 0.29) is 19.6 Å². The number of aliphatic hydroxyl groups excluding tert-OH is 1. The van der Waals surface area contributed by atoms with E-state index in [1.54, 1.807) is 24.4 Å². The van der Waals surface area contributed by atoms with E-state index in [4.69, 9.17) is 26.2 Å². The fourth-order valence-electron chi connectivity index (χ4n) is 6.77. The molecule has 5 aromatic rings. The number of aryl methyl sites for hydroxylation is 1. The topological polar surface area (TPSA) is 155 Å². The molecule has 0 aliphatic carbocycles. The summed E-state index contributed by atoms with van der Waals surface area (Å²) in [6.45, 7) is 7.55. The highest BCUT2D eigenvalue weighted by Gasteiger charge is 2.19. The average Bonchev–Trinajstić information content (AvgIpc) is 3.84. The zero-order valence-electron chi connectivity index (χ0n) is 29.9. The third-order valence-electron chi connectivity index (χ3n) is 9.70. The van der Waals surface area contributed by atoms with Gasteiger partial charge in [0.25, 0.3) is 0 Å². The minimum Gasteiger partial charge on any atom is -0.488 e. The molecule has 0 amide bonds. The van der Waals surface area contributed by atoms with Crippen molar-refractivity contribution in [2.45, 2.75) is 71.8 Å². The number of ether oxygens (including phenoxy) is 2. The van der Waals surface area contributed by atoms with Crippen molar-refractivity contribution < 1.29 is 24.5 Å². The largest absolute Gasteiger partial charge is 0.488 e. The highest BCUT2D eigenvalue weighted by atomic mass is 35.5. The van der Waals surface area contributed by atoms with E-state index in [2.05, 4.69) is 64.8 Å². The molecule has 1 aliphatic heterocycles. The van der Waals surface area contributed by atoms with E-state index in [1.165, 1.54) is 6.20 Å². The number of halogens is 1. The van der Waals surface area contributed by atoms with Crippen LogP contribution in [0.4, 0.5) is 0 Å². The summed E-state index contributed by atoms with van der Waals surface area (Å²) in [6.07, 6.45) is 6.39. The first-order valence-corrected chi connectivity index (χ1v) is 18.2. The van der Waals surface area contributed by atoms with E-state index in [0.29, 0.717) is 47.3 Å². The number of rotatable bonds is 16. The molecule has 2 aromatic heterocycles. The summed E-state index contributed by atoms with van der Waals surface area (Å²) in [5, 5.41) is 41.2. The van der Waals surface area contributed by atoms with E-state index in [9.17, 15) is 15.2 Å². The highest BCUT2D eigenvalue weighted by Crippen LogP contribution is 2.37. The summed E-state index contributed by atoms with van der Waals surface area (Å²) in [7, 11) is 0. The second-order valence-corrected chi connectivity index (χ2v) is 14.0. The van der Waals surface area contributed by atoms with Crippen molar-refractivity contribution in [1.82, 2.24) is 25.3 Å². The van der Waals surface area contributed by atoms with Gasteiger partial charge in [-0.1, -0.05) is 53.2 Å². The number of aliphatic hydroxyl groups is 1. The third kappa shape index (κ3) is 9.59. The van der Waals surface area contributed by atoms with Gasteiger partial charge >= 0.3 is 5.97 Å². The number of carboxylic acids is 1. The summed E-state index contributed by atoms with van der Waals surface area (Å²) in [6, 6.07) is 19.8. The molecular weight excluding hydrogens is 692 g/mol. The van der Waals surface area contributed by atoms with Gasteiger partial charge in [0.2, 0.25) is 0 Å². The van der Waals surface area contributed by atoms with E-state index >= 15 is 0 Å². The van der Waals surface area contributed by atoms with Crippen molar-refractivity contribution in [3.8, 4) is 40.0 Å². The molecule has 3 N–H and O–H groups in total. The minimum absolute atomic E-state index is 0.159. The number of hydrogen-bond acceptors (Lipinski definition) is 9. The van der Waals surface area contributed by atoms with Crippen molar-refractivity contribution in [3.05, 3.63) is 112 Å². The molecule has 0 saturated carbocycles. The van der Waals surface area contributed by atoms with E-state index in [1.807, 2.05) is 23.0 Å². The molecule has 3 aromatic carbocycles. The molecule has 6 rings (SSSR count). The van der Waals surface area contributed by atoms with Crippen molar-refractivity contribution in [1.29, 1.82) is 5.26 Å². The van der Waals surface area contributed by atoms with Crippen LogP contribution in [0.2, 0.25) is 5.02 Å². The summed E-state index contributed by atoms with van der Waals surface area (Å²) in [4.78, 5) is 15.1. The molecular formula is C41H43ClN6O5. The Bertz CT molecular complexity index is 2110. The maximum atomic E-state index is 11.0. The maximum absolute atomic E-state index is 11.0. The molecule has 1 aliphatic rings. The van der Waals surface area contributed by atoms with Gasteiger partial charge in [0.15, 0.2) is 0 Å². The lowest BCUT2D eigenvalue weighted by atomic mass is 9.91. The molecule has 0 spiro atoms. The Morgan fingerprint density at radius 3 is 2.58 bits per heavy atom. The summed E-state index contributed by atoms with van der Waals surface area (Å²) in [5.74, 6) is 0.504. The number of nitrogens with zero attached hydrogens (tertiary/aromatic N) is 5. The number of aromatic nitrogens is 4. The van der Waals surface area contributed by atoms with Gasteiger partial charge in [0.05, 0.1) is 29.3 Å². The summed E-state index contributed by atoms with van der Waals surface area (Å²) in [5.41, 5.74) is 9.25. The van der Waals surface area contributed by atoms with Crippen LogP contribution in [0, 0.1) is 31.1 Å². The predicted octanol–water partition coefficient (Wildman–Crippen LogP) is 7.07. The Morgan fingerprint density at radius 2 is 1.81 bits per heavy atom. The number of pyridine rings is 1. The Hall–Kier alpha value is -5.28. The van der Waals surface area contributed by atoms with Crippen LogP contribution >= 0.6 is 11.6 Å². The van der Waals surface area contributed by atoms with Gasteiger partial charge in [-0.3, -0.25) is 14.5 Å². The molecule has 1 fully saturated rings. The monoisotopic (exact) mass is 734 g/mol. The SMILES string of the molecule is Cc1c(COc2cc(OCc3cncc(C#N)c3)c(CCC[C@@H](O)CC(=O)O)cc2Cl)cccc1-c1cccc(-c2cn(CC3CCNC3)nn2)c1C. The van der Waals surface area contributed by atoms with Gasteiger partial charge in [-0.15, -0.1) is 5.10 Å². The first-order valence-electron chi connectivity index (χ1n) is 17.8. The number of aliphatic carboxylic acids is 1. The molecule has 3 heterocycles. The quantitative estimate of drug-likeness (QED) is 0.0958. The summed E-state index contributed by atoms with van der Waals surface area (Å²) < 4.78 is 14.5. The first kappa shape index (κ1) is 37.5. The standard InChI is InChI=1S/C41H43ClN6O5/c1-26-32(7-4-9-34(26)35-10-5-11-36(27(35)2)38-23-48(47-46-38)22-28-12-13-44-19-28)25-53-40-17-39(52-24-30-14-29(18-43)20-45-21-30)31(15-37(40)42)6-3-8-33(49)16-41(50)51/h4-5,7,9-11,14-15,17,20-21,23,28,33,44,49H,3,6,8,12-13,16,19,22,24-25H2,1-2H3,(H,50,51)/t28?,33-/m1/s1. The molecule has 1 saturated heterocycles. The van der Waals surface area contributed by atoms with Crippen LogP contribution in [0.1, 0.15) is 59.1 Å². The van der Waals surface area contributed by atoms with Crippen LogP contribution in [0.5, 0.6) is 11.5 Å². The van der Waals surface area contributed by atoms with Gasteiger partial charge in [0, 0.05) is 36.1 Å². The normalized spacial score (nSPS) is 14.5. The Labute approximate surface area is 314 Å². The summed E-state index contributed by atoms with van der Waals surface area (Å²) >= 11 is 6.78. The molecule has 1 unspecified atom stereocenters. The van der Waals surface area contributed by atoms with Crippen molar-refractivity contribution in [3.63, 3.8) is 0 Å². The molecule has 2 atom stereocenters. The number of carbonyl (C=O) groups is 1. The van der Waals surface area contributed by atoms with Crippen LogP contribution in [0.25, 0.3) is 22.4 Å². The van der Waals surface area contributed by atoms with Crippen LogP contribution in [0.15, 0.2) is 73.2 Å². The van der Waals surface area contributed by atoms with Gasteiger partial charge < -0.3 is 25.0 Å². The van der Waals surface area contributed by atoms with E-state index < -0.39 is 12.1 Å². The third-order valence-corrected chi connectivity index (χ3v) is 10.00. The first-order chi connectivity index (χ1) is 25.7. The maximum Gasteiger partial charge on any atom is 0.305 e. The molecule has 274 valence electrons. The van der Waals surface area contributed by atoms with Crippen molar-refractivity contribution >= 4 is 17.6 Å². The van der Waals surface area contributed by atoms with Crippen LogP contribution in [0.3, 0.4) is 0 Å². The zero-order valence-corrected chi connectivity index (χ0v) is 30.6. The lowest BCUT2D eigenvalue weighted by Gasteiger charge is -2.18. The second-order valence-electron chi connectivity index (χ2n) is 13.6. The lowest BCUT2D eigenvalue weighted by molar-refractivity contribution is -0.139. The molecule has 53 heavy (non-hydrogen) atoms.